The lowest BCUT2D eigenvalue weighted by Crippen LogP contribution is -2.60. The Bertz CT molecular complexity index is 781. The number of hydrogen-bond acceptors (Lipinski definition) is 5. The van der Waals surface area contributed by atoms with Crippen LogP contribution in [0.15, 0.2) is 24.5 Å². The Kier molecular flexibility index (Phi) is 6.39. The third kappa shape index (κ3) is 4.74. The van der Waals surface area contributed by atoms with Crippen LogP contribution < -0.4 is 0 Å². The summed E-state index contributed by atoms with van der Waals surface area (Å²) in [5.74, 6) is 0.854. The third-order valence-electron chi connectivity index (χ3n) is 6.69. The van der Waals surface area contributed by atoms with E-state index in [9.17, 15) is 13.2 Å². The van der Waals surface area contributed by atoms with Gasteiger partial charge < -0.3 is 9.64 Å². The molecule has 4 rings (SSSR count). The van der Waals surface area contributed by atoms with Crippen LogP contribution in [-0.2, 0) is 14.8 Å². The normalized spacial score (nSPS) is 23.0. The summed E-state index contributed by atoms with van der Waals surface area (Å²) in [7, 11) is -3.36. The van der Waals surface area contributed by atoms with Gasteiger partial charge in [0.05, 0.1) is 6.61 Å². The Balaban J connectivity index is 1.22. The summed E-state index contributed by atoms with van der Waals surface area (Å²) in [6.07, 6.45) is 10.8. The molecular formula is C21H31N3O4S. The number of ether oxygens (including phenoxy) is 1. The van der Waals surface area contributed by atoms with Crippen molar-refractivity contribution in [3.8, 4) is 0 Å². The van der Waals surface area contributed by atoms with Crippen molar-refractivity contribution in [3.63, 3.8) is 0 Å². The highest BCUT2D eigenvalue weighted by Gasteiger charge is 2.44. The fourth-order valence-corrected chi connectivity index (χ4v) is 6.58. The Morgan fingerprint density at radius 2 is 1.69 bits per heavy atom. The van der Waals surface area contributed by atoms with Gasteiger partial charge in [-0.25, -0.2) is 17.5 Å². The zero-order valence-corrected chi connectivity index (χ0v) is 17.7. The first-order valence-corrected chi connectivity index (χ1v) is 12.3. The molecule has 160 valence electrons. The number of carbonyl (C=O) groups excluding carboxylic acids is 1. The van der Waals surface area contributed by atoms with E-state index in [-0.39, 0.29) is 19.2 Å². The van der Waals surface area contributed by atoms with Crippen LogP contribution in [0.2, 0.25) is 0 Å². The van der Waals surface area contributed by atoms with Crippen LogP contribution in [-0.4, -0.2) is 66.7 Å². The molecule has 29 heavy (non-hydrogen) atoms. The van der Waals surface area contributed by atoms with Gasteiger partial charge in [0.2, 0.25) is 10.0 Å². The molecule has 3 heterocycles. The van der Waals surface area contributed by atoms with E-state index in [1.807, 2.05) is 12.1 Å². The molecule has 7 nitrogen and oxygen atoms in total. The molecule has 1 aromatic heterocycles. The van der Waals surface area contributed by atoms with Crippen LogP contribution in [0, 0.1) is 5.92 Å². The zero-order valence-electron chi connectivity index (χ0n) is 16.9. The fraction of sp³-hybridized carbons (Fsp3) is 0.714. The van der Waals surface area contributed by atoms with E-state index < -0.39 is 15.3 Å². The predicted molar refractivity (Wildman–Crippen MR) is 110 cm³/mol. The van der Waals surface area contributed by atoms with Crippen molar-refractivity contribution in [2.24, 2.45) is 5.92 Å². The lowest BCUT2D eigenvalue weighted by molar-refractivity contribution is 0.0634. The van der Waals surface area contributed by atoms with E-state index in [0.29, 0.717) is 31.5 Å². The summed E-state index contributed by atoms with van der Waals surface area (Å²) < 4.78 is 32.9. The molecule has 0 N–H and O–H groups in total. The van der Waals surface area contributed by atoms with Crippen LogP contribution in [0.25, 0.3) is 0 Å². The molecule has 0 spiro atoms. The van der Waals surface area contributed by atoms with Crippen molar-refractivity contribution in [2.75, 3.05) is 32.8 Å². The summed E-state index contributed by atoms with van der Waals surface area (Å²) in [5.41, 5.74) is 1.23. The van der Waals surface area contributed by atoms with Crippen molar-refractivity contribution in [1.29, 1.82) is 0 Å². The van der Waals surface area contributed by atoms with Gasteiger partial charge in [-0.3, -0.25) is 4.98 Å². The molecular weight excluding hydrogens is 390 g/mol. The van der Waals surface area contributed by atoms with Crippen molar-refractivity contribution < 1.29 is 17.9 Å². The van der Waals surface area contributed by atoms with E-state index >= 15 is 0 Å². The molecule has 1 amide bonds. The summed E-state index contributed by atoms with van der Waals surface area (Å²) in [5, 5.41) is -0.498. The molecule has 0 radical (unpaired) electrons. The smallest absolute Gasteiger partial charge is 0.409 e. The molecule has 1 aliphatic carbocycles. The summed E-state index contributed by atoms with van der Waals surface area (Å²) in [6.45, 7) is 2.04. The summed E-state index contributed by atoms with van der Waals surface area (Å²) in [6, 6.07) is 4.02. The van der Waals surface area contributed by atoms with Gasteiger partial charge in [-0.15, -0.1) is 0 Å². The molecule has 0 atom stereocenters. The van der Waals surface area contributed by atoms with Gasteiger partial charge in [-0.2, -0.15) is 0 Å². The predicted octanol–water partition coefficient (Wildman–Crippen LogP) is 2.99. The molecule has 8 heteroatoms. The molecule has 1 saturated carbocycles. The Labute approximate surface area is 173 Å². The number of carbonyl (C=O) groups is 1. The van der Waals surface area contributed by atoms with Gasteiger partial charge in [-0.1, -0.05) is 19.3 Å². The standard InChI is InChI=1S/C21H31N3O4S/c25-21(28-16-17-4-2-1-3-5-17)23-14-20(15-23)29(26,27)24-12-8-19(9-13-24)18-6-10-22-11-7-18/h6-7,10-11,17,19-20H,1-5,8-9,12-16H2. The second-order valence-electron chi connectivity index (χ2n) is 8.61. The molecule has 1 aromatic rings. The minimum atomic E-state index is -3.36. The quantitative estimate of drug-likeness (QED) is 0.730. The van der Waals surface area contributed by atoms with Crippen molar-refractivity contribution in [2.45, 2.75) is 56.1 Å². The third-order valence-corrected chi connectivity index (χ3v) is 8.91. The van der Waals surface area contributed by atoms with Crippen molar-refractivity contribution in [1.82, 2.24) is 14.2 Å². The number of likely N-dealkylation sites (tertiary alicyclic amines) is 1. The van der Waals surface area contributed by atoms with Crippen LogP contribution in [0.4, 0.5) is 4.79 Å². The summed E-state index contributed by atoms with van der Waals surface area (Å²) in [4.78, 5) is 17.8. The molecule has 2 aliphatic heterocycles. The lowest BCUT2D eigenvalue weighted by Gasteiger charge is -2.41. The number of aromatic nitrogens is 1. The van der Waals surface area contributed by atoms with E-state index in [0.717, 1.165) is 25.7 Å². The average Bonchev–Trinajstić information content (AvgIpc) is 2.72. The van der Waals surface area contributed by atoms with Gasteiger partial charge in [0.15, 0.2) is 0 Å². The topological polar surface area (TPSA) is 79.8 Å². The van der Waals surface area contributed by atoms with Gasteiger partial charge in [-0.05, 0) is 55.2 Å². The van der Waals surface area contributed by atoms with Gasteiger partial charge in [0, 0.05) is 38.6 Å². The van der Waals surface area contributed by atoms with Crippen LogP contribution in [0.5, 0.6) is 0 Å². The van der Waals surface area contributed by atoms with Crippen molar-refractivity contribution >= 4 is 16.1 Å². The maximum absolute atomic E-state index is 12.9. The molecule has 3 fully saturated rings. The number of rotatable bonds is 5. The molecule has 0 unspecified atom stereocenters. The summed E-state index contributed by atoms with van der Waals surface area (Å²) >= 11 is 0. The van der Waals surface area contributed by atoms with Crippen molar-refractivity contribution in [3.05, 3.63) is 30.1 Å². The fourth-order valence-electron chi connectivity index (χ4n) is 4.70. The largest absolute Gasteiger partial charge is 0.449 e. The highest BCUT2D eigenvalue weighted by molar-refractivity contribution is 7.89. The number of sulfonamides is 1. The SMILES string of the molecule is O=C(OCC1CCCCC1)N1CC(S(=O)(=O)N2CCC(c3ccncc3)CC2)C1. The molecule has 0 aromatic carbocycles. The second-order valence-corrected chi connectivity index (χ2v) is 10.8. The minimum absolute atomic E-state index is 0.246. The lowest BCUT2D eigenvalue weighted by atomic mass is 9.90. The monoisotopic (exact) mass is 421 g/mol. The molecule has 0 bridgehead atoms. The number of hydrogen-bond donors (Lipinski definition) is 0. The first-order valence-electron chi connectivity index (χ1n) is 10.8. The Morgan fingerprint density at radius 3 is 2.34 bits per heavy atom. The number of amides is 1. The van der Waals surface area contributed by atoms with Crippen LogP contribution in [0.3, 0.4) is 0 Å². The highest BCUT2D eigenvalue weighted by atomic mass is 32.2. The second kappa shape index (κ2) is 9.00. The molecule has 2 saturated heterocycles. The first-order chi connectivity index (χ1) is 14.0. The highest BCUT2D eigenvalue weighted by Crippen LogP contribution is 2.31. The first kappa shape index (κ1) is 20.6. The molecule has 3 aliphatic rings. The maximum Gasteiger partial charge on any atom is 0.409 e. The van der Waals surface area contributed by atoms with Crippen LogP contribution in [0.1, 0.15) is 56.4 Å². The average molecular weight is 422 g/mol. The Morgan fingerprint density at radius 1 is 1.03 bits per heavy atom. The Hall–Kier alpha value is -1.67. The van der Waals surface area contributed by atoms with Gasteiger partial charge in [0.25, 0.3) is 0 Å². The number of piperidine rings is 1. The van der Waals surface area contributed by atoms with E-state index in [1.165, 1.54) is 29.7 Å². The minimum Gasteiger partial charge on any atom is -0.449 e. The maximum atomic E-state index is 12.9. The van der Waals surface area contributed by atoms with E-state index in [4.69, 9.17) is 4.74 Å². The van der Waals surface area contributed by atoms with Gasteiger partial charge in [0.1, 0.15) is 5.25 Å². The number of nitrogens with zero attached hydrogens (tertiary/aromatic N) is 3. The zero-order chi connectivity index (χ0) is 20.3. The van der Waals surface area contributed by atoms with Gasteiger partial charge >= 0.3 is 6.09 Å². The van der Waals surface area contributed by atoms with Crippen LogP contribution >= 0.6 is 0 Å². The van der Waals surface area contributed by atoms with E-state index in [1.54, 1.807) is 16.7 Å². The number of pyridine rings is 1. The van der Waals surface area contributed by atoms with E-state index in [2.05, 4.69) is 4.98 Å².